The minimum atomic E-state index is -0.922. The molecule has 1 fully saturated rings. The number of carboxylic acid groups (broad SMARTS) is 1. The number of likely N-dealkylation sites (tertiary alicyclic amines) is 1. The molecular formula is C16H23NO3. The van der Waals surface area contributed by atoms with E-state index in [1.165, 1.54) is 6.42 Å². The van der Waals surface area contributed by atoms with Gasteiger partial charge in [0, 0.05) is 13.1 Å². The molecule has 1 aromatic carbocycles. The normalized spacial score (nSPS) is 19.4. The Bertz CT molecular complexity index is 459. The van der Waals surface area contributed by atoms with Crippen molar-refractivity contribution in [3.63, 3.8) is 0 Å². The van der Waals surface area contributed by atoms with Crippen molar-refractivity contribution in [1.29, 1.82) is 0 Å². The van der Waals surface area contributed by atoms with Crippen LogP contribution in [-0.4, -0.2) is 42.2 Å². The van der Waals surface area contributed by atoms with Gasteiger partial charge >= 0.3 is 5.97 Å². The number of carboxylic acids is 1. The van der Waals surface area contributed by atoms with Crippen LogP contribution in [0.1, 0.15) is 30.6 Å². The third-order valence-electron chi connectivity index (χ3n) is 4.01. The zero-order valence-electron chi connectivity index (χ0n) is 12.2. The maximum absolute atomic E-state index is 10.9. The van der Waals surface area contributed by atoms with Gasteiger partial charge in [-0.25, -0.2) is 4.79 Å². The van der Waals surface area contributed by atoms with Crippen molar-refractivity contribution < 1.29 is 14.6 Å². The minimum absolute atomic E-state index is 0.267. The van der Waals surface area contributed by atoms with Crippen LogP contribution in [0.15, 0.2) is 24.3 Å². The fourth-order valence-electron chi connectivity index (χ4n) is 2.62. The van der Waals surface area contributed by atoms with Crippen LogP contribution in [0.4, 0.5) is 0 Å². The van der Waals surface area contributed by atoms with E-state index in [1.807, 2.05) is 0 Å². The summed E-state index contributed by atoms with van der Waals surface area (Å²) in [6.45, 7) is 8.36. The number of aromatic carboxylic acids is 1. The lowest BCUT2D eigenvalue weighted by molar-refractivity contribution is 0.0696. The molecule has 1 atom stereocenters. The molecule has 1 aliphatic heterocycles. The van der Waals surface area contributed by atoms with Crippen LogP contribution >= 0.6 is 0 Å². The third-order valence-corrected chi connectivity index (χ3v) is 4.01. The van der Waals surface area contributed by atoms with Crippen LogP contribution in [0.25, 0.3) is 0 Å². The molecule has 20 heavy (non-hydrogen) atoms. The average Bonchev–Trinajstić information content (AvgIpc) is 2.88. The molecule has 0 aliphatic carbocycles. The number of ether oxygens (including phenoxy) is 1. The smallest absolute Gasteiger partial charge is 0.335 e. The van der Waals surface area contributed by atoms with Crippen molar-refractivity contribution in [3.8, 4) is 5.75 Å². The number of nitrogens with zero attached hydrogens (tertiary/aromatic N) is 1. The van der Waals surface area contributed by atoms with Gasteiger partial charge in [-0.1, -0.05) is 19.9 Å². The highest BCUT2D eigenvalue weighted by Crippen LogP contribution is 2.23. The number of carbonyl (C=O) groups is 1. The predicted molar refractivity (Wildman–Crippen MR) is 78.3 cm³/mol. The average molecular weight is 277 g/mol. The largest absolute Gasteiger partial charge is 0.492 e. The number of rotatable bonds is 6. The summed E-state index contributed by atoms with van der Waals surface area (Å²) >= 11 is 0. The quantitative estimate of drug-likeness (QED) is 0.868. The molecule has 1 aromatic rings. The van der Waals surface area contributed by atoms with E-state index < -0.39 is 5.97 Å². The van der Waals surface area contributed by atoms with Crippen molar-refractivity contribution in [2.45, 2.75) is 20.3 Å². The maximum atomic E-state index is 10.9. The maximum Gasteiger partial charge on any atom is 0.335 e. The summed E-state index contributed by atoms with van der Waals surface area (Å²) in [6, 6.07) is 6.66. The van der Waals surface area contributed by atoms with Crippen LogP contribution in [-0.2, 0) is 0 Å². The van der Waals surface area contributed by atoms with Crippen molar-refractivity contribution in [3.05, 3.63) is 29.8 Å². The van der Waals surface area contributed by atoms with Gasteiger partial charge < -0.3 is 9.84 Å². The van der Waals surface area contributed by atoms with Crippen LogP contribution in [0.3, 0.4) is 0 Å². The van der Waals surface area contributed by atoms with Gasteiger partial charge in [0.2, 0.25) is 0 Å². The van der Waals surface area contributed by atoms with Gasteiger partial charge in [-0.2, -0.15) is 0 Å². The molecular weight excluding hydrogens is 254 g/mol. The Morgan fingerprint density at radius 1 is 1.50 bits per heavy atom. The summed E-state index contributed by atoms with van der Waals surface area (Å²) in [4.78, 5) is 13.3. The lowest BCUT2D eigenvalue weighted by atomic mass is 9.95. The summed E-state index contributed by atoms with van der Waals surface area (Å²) < 4.78 is 5.65. The summed E-state index contributed by atoms with van der Waals surface area (Å²) in [6.07, 6.45) is 1.27. The molecule has 1 unspecified atom stereocenters. The zero-order chi connectivity index (χ0) is 14.5. The molecule has 0 saturated carbocycles. The van der Waals surface area contributed by atoms with E-state index in [4.69, 9.17) is 9.84 Å². The third kappa shape index (κ3) is 3.97. The molecule has 4 nitrogen and oxygen atoms in total. The van der Waals surface area contributed by atoms with Gasteiger partial charge in [0.1, 0.15) is 12.4 Å². The fourth-order valence-corrected chi connectivity index (χ4v) is 2.62. The first-order chi connectivity index (χ1) is 9.56. The SMILES string of the molecule is CC(C)C1CCN(CCOc2cccc(C(=O)O)c2)C1. The van der Waals surface area contributed by atoms with Gasteiger partial charge in [-0.05, 0) is 43.0 Å². The molecule has 1 aliphatic rings. The second-order valence-corrected chi connectivity index (χ2v) is 5.77. The van der Waals surface area contributed by atoms with Gasteiger partial charge in [0.05, 0.1) is 5.56 Å². The van der Waals surface area contributed by atoms with E-state index in [0.717, 1.165) is 31.5 Å². The van der Waals surface area contributed by atoms with E-state index in [2.05, 4.69) is 18.7 Å². The fraction of sp³-hybridized carbons (Fsp3) is 0.562. The van der Waals surface area contributed by atoms with Gasteiger partial charge in [0.25, 0.3) is 0 Å². The summed E-state index contributed by atoms with van der Waals surface area (Å²) in [5.74, 6) is 1.25. The summed E-state index contributed by atoms with van der Waals surface area (Å²) in [5, 5.41) is 8.92. The van der Waals surface area contributed by atoms with Gasteiger partial charge in [0.15, 0.2) is 0 Å². The van der Waals surface area contributed by atoms with Gasteiger partial charge in [-0.3, -0.25) is 4.90 Å². The molecule has 0 radical (unpaired) electrons. The van der Waals surface area contributed by atoms with Crippen LogP contribution in [0.5, 0.6) is 5.75 Å². The van der Waals surface area contributed by atoms with Crippen molar-refractivity contribution >= 4 is 5.97 Å². The van der Waals surface area contributed by atoms with E-state index in [-0.39, 0.29) is 5.56 Å². The Morgan fingerprint density at radius 2 is 2.30 bits per heavy atom. The molecule has 0 amide bonds. The summed E-state index contributed by atoms with van der Waals surface area (Å²) in [7, 11) is 0. The Labute approximate surface area is 120 Å². The predicted octanol–water partition coefficient (Wildman–Crippen LogP) is 2.74. The molecule has 110 valence electrons. The van der Waals surface area contributed by atoms with E-state index >= 15 is 0 Å². The van der Waals surface area contributed by atoms with Gasteiger partial charge in [-0.15, -0.1) is 0 Å². The van der Waals surface area contributed by atoms with Crippen molar-refractivity contribution in [2.75, 3.05) is 26.2 Å². The molecule has 0 spiro atoms. The number of hydrogen-bond donors (Lipinski definition) is 1. The minimum Gasteiger partial charge on any atom is -0.492 e. The lowest BCUT2D eigenvalue weighted by Crippen LogP contribution is -2.27. The molecule has 1 heterocycles. The standard InChI is InChI=1S/C16H23NO3/c1-12(2)14-6-7-17(11-14)8-9-20-15-5-3-4-13(10-15)16(18)19/h3-5,10,12,14H,6-9,11H2,1-2H3,(H,18,19). The summed E-state index contributed by atoms with van der Waals surface area (Å²) in [5.41, 5.74) is 0.267. The highest BCUT2D eigenvalue weighted by atomic mass is 16.5. The molecule has 2 rings (SSSR count). The Kier molecular flexibility index (Phi) is 5.01. The monoisotopic (exact) mass is 277 g/mol. The molecule has 0 bridgehead atoms. The van der Waals surface area contributed by atoms with Crippen molar-refractivity contribution in [1.82, 2.24) is 4.90 Å². The second kappa shape index (κ2) is 6.75. The second-order valence-electron chi connectivity index (χ2n) is 5.77. The molecule has 1 saturated heterocycles. The van der Waals surface area contributed by atoms with E-state index in [0.29, 0.717) is 12.4 Å². The Morgan fingerprint density at radius 3 is 2.95 bits per heavy atom. The zero-order valence-corrected chi connectivity index (χ0v) is 12.2. The first-order valence-corrected chi connectivity index (χ1v) is 7.25. The van der Waals surface area contributed by atoms with Crippen LogP contribution < -0.4 is 4.74 Å². The molecule has 1 N–H and O–H groups in total. The van der Waals surface area contributed by atoms with E-state index in [9.17, 15) is 4.79 Å². The van der Waals surface area contributed by atoms with E-state index in [1.54, 1.807) is 24.3 Å². The van der Waals surface area contributed by atoms with Crippen LogP contribution in [0.2, 0.25) is 0 Å². The first kappa shape index (κ1) is 14.9. The number of hydrogen-bond acceptors (Lipinski definition) is 3. The number of benzene rings is 1. The van der Waals surface area contributed by atoms with Crippen molar-refractivity contribution in [2.24, 2.45) is 11.8 Å². The van der Waals surface area contributed by atoms with Crippen LogP contribution in [0, 0.1) is 11.8 Å². The lowest BCUT2D eigenvalue weighted by Gasteiger charge is -2.18. The Hall–Kier alpha value is -1.55. The highest BCUT2D eigenvalue weighted by Gasteiger charge is 2.24. The first-order valence-electron chi connectivity index (χ1n) is 7.25. The topological polar surface area (TPSA) is 49.8 Å². The molecule has 0 aromatic heterocycles. The highest BCUT2D eigenvalue weighted by molar-refractivity contribution is 5.87. The Balaban J connectivity index is 1.76. The molecule has 4 heteroatoms.